The van der Waals surface area contributed by atoms with Crippen molar-refractivity contribution >= 4 is 5.71 Å². The van der Waals surface area contributed by atoms with Crippen LogP contribution in [-0.2, 0) is 17.8 Å². The molecule has 6 atom stereocenters. The van der Waals surface area contributed by atoms with Crippen LogP contribution < -0.4 is 5.73 Å². The molecule has 6 nitrogen and oxygen atoms in total. The molecular weight excluding hydrogens is 390 g/mol. The molecule has 3 fully saturated rings. The third-order valence-corrected chi connectivity index (χ3v) is 9.37. The third kappa shape index (κ3) is 3.56. The Morgan fingerprint density at radius 1 is 1.19 bits per heavy atom. The molecule has 0 spiro atoms. The Balaban J connectivity index is 1.24. The molecule has 4 aliphatic rings. The topological polar surface area (TPSA) is 93.9 Å². The van der Waals surface area contributed by atoms with Gasteiger partial charge in [-0.05, 0) is 86.0 Å². The van der Waals surface area contributed by atoms with Crippen LogP contribution in [0.5, 0.6) is 0 Å². The fraction of sp³-hybridized carbons (Fsp3) is 0.760. The smallest absolute Gasteiger partial charge is 0.150 e. The van der Waals surface area contributed by atoms with Gasteiger partial charge in [0, 0.05) is 12.5 Å². The zero-order chi connectivity index (χ0) is 21.6. The average molecular weight is 428 g/mol. The van der Waals surface area contributed by atoms with Crippen LogP contribution in [0.3, 0.4) is 0 Å². The summed E-state index contributed by atoms with van der Waals surface area (Å²) in [6, 6.07) is 1.88. The van der Waals surface area contributed by atoms with Crippen molar-refractivity contribution < 1.29 is 14.5 Å². The molecule has 4 aliphatic carbocycles. The van der Waals surface area contributed by atoms with Crippen molar-refractivity contribution in [3.8, 4) is 0 Å². The van der Waals surface area contributed by atoms with E-state index in [1.165, 1.54) is 32.1 Å². The molecule has 0 aromatic carbocycles. The van der Waals surface area contributed by atoms with E-state index in [1.807, 2.05) is 6.07 Å². The first-order valence-corrected chi connectivity index (χ1v) is 12.2. The number of aromatic nitrogens is 1. The van der Waals surface area contributed by atoms with E-state index < -0.39 is 0 Å². The van der Waals surface area contributed by atoms with E-state index in [9.17, 15) is 5.11 Å². The number of nitrogens with two attached hydrogens (primary N) is 1. The Morgan fingerprint density at radius 2 is 2.06 bits per heavy atom. The van der Waals surface area contributed by atoms with Crippen molar-refractivity contribution in [1.29, 1.82) is 0 Å². The summed E-state index contributed by atoms with van der Waals surface area (Å²) in [7, 11) is 0. The van der Waals surface area contributed by atoms with Gasteiger partial charge < -0.3 is 20.2 Å². The Morgan fingerprint density at radius 3 is 2.87 bits per heavy atom. The molecule has 0 amide bonds. The normalized spacial score (nSPS) is 40.8. The van der Waals surface area contributed by atoms with Crippen LogP contribution >= 0.6 is 0 Å². The molecule has 5 unspecified atom stereocenters. The van der Waals surface area contributed by atoms with Gasteiger partial charge in [-0.3, -0.25) is 0 Å². The van der Waals surface area contributed by atoms with E-state index in [0.29, 0.717) is 31.3 Å². The fourth-order valence-corrected chi connectivity index (χ4v) is 7.46. The molecule has 3 saturated carbocycles. The van der Waals surface area contributed by atoms with Gasteiger partial charge in [0.15, 0.2) is 5.76 Å². The number of hydrogen-bond donors (Lipinski definition) is 2. The van der Waals surface area contributed by atoms with Gasteiger partial charge in [-0.2, -0.15) is 0 Å². The summed E-state index contributed by atoms with van der Waals surface area (Å²) >= 11 is 0. The lowest BCUT2D eigenvalue weighted by Gasteiger charge is -2.57. The number of hydrogen-bond acceptors (Lipinski definition) is 6. The van der Waals surface area contributed by atoms with E-state index in [0.717, 1.165) is 42.5 Å². The Hall–Kier alpha value is -1.66. The molecule has 1 aromatic rings. The highest BCUT2D eigenvalue weighted by Crippen LogP contribution is 2.65. The predicted octanol–water partition coefficient (Wildman–Crippen LogP) is 4.37. The zero-order valence-electron chi connectivity index (χ0n) is 19.0. The molecule has 6 heteroatoms. The third-order valence-electron chi connectivity index (χ3n) is 9.37. The number of fused-ring (bicyclic) bond motifs is 5. The van der Waals surface area contributed by atoms with Gasteiger partial charge in [0.05, 0.1) is 24.1 Å². The molecule has 31 heavy (non-hydrogen) atoms. The van der Waals surface area contributed by atoms with Crippen LogP contribution in [0.2, 0.25) is 0 Å². The van der Waals surface area contributed by atoms with Crippen molar-refractivity contribution in [3.63, 3.8) is 0 Å². The lowest BCUT2D eigenvalue weighted by atomic mass is 9.47. The quantitative estimate of drug-likeness (QED) is 0.537. The largest absolute Gasteiger partial charge is 0.395 e. The number of oxime groups is 1. The number of rotatable bonds is 5. The van der Waals surface area contributed by atoms with Crippen LogP contribution in [0.15, 0.2) is 27.4 Å². The summed E-state index contributed by atoms with van der Waals surface area (Å²) in [6.07, 6.45) is 12.1. The second-order valence-electron chi connectivity index (χ2n) is 10.8. The fourth-order valence-electron chi connectivity index (χ4n) is 7.46. The van der Waals surface area contributed by atoms with E-state index in [-0.39, 0.29) is 16.9 Å². The minimum absolute atomic E-state index is 0.0930. The maximum absolute atomic E-state index is 10.6. The van der Waals surface area contributed by atoms with Crippen LogP contribution in [-0.4, -0.2) is 28.7 Å². The van der Waals surface area contributed by atoms with E-state index in [4.69, 9.17) is 15.1 Å². The Bertz CT molecular complexity index is 877. The first kappa shape index (κ1) is 21.2. The summed E-state index contributed by atoms with van der Waals surface area (Å²) in [5, 5.41) is 19.1. The first-order valence-electron chi connectivity index (χ1n) is 12.2. The standard InChI is InChI=1S/C25H37N3O3/c1-24-10-7-17(27-30-12-9-18-14-19(15-26)31-28-18)13-16(24)3-4-20-21-5-6-23(29)25(21,2)11-8-22(20)24/h13-14,20-23,29H,3-12,15,26H2,1-2H3/t20?,21?,22-,23?,24?,25?/m1/s1. The predicted molar refractivity (Wildman–Crippen MR) is 119 cm³/mol. The van der Waals surface area contributed by atoms with Crippen LogP contribution in [0.1, 0.15) is 76.7 Å². The van der Waals surface area contributed by atoms with Gasteiger partial charge in [-0.15, -0.1) is 0 Å². The lowest BCUT2D eigenvalue weighted by molar-refractivity contribution is -0.0722. The van der Waals surface area contributed by atoms with Gasteiger partial charge in [0.1, 0.15) is 6.61 Å². The molecule has 1 heterocycles. The summed E-state index contributed by atoms with van der Waals surface area (Å²) in [5.41, 5.74) is 9.51. The molecule has 0 radical (unpaired) electrons. The SMILES string of the molecule is CC12CC[C@@H]3C(CCC4=CC(=NOCCc5cc(CN)on5)CCC43C)C1CCC2O. The van der Waals surface area contributed by atoms with E-state index in [2.05, 4.69) is 30.2 Å². The molecule has 170 valence electrons. The average Bonchev–Trinajstić information content (AvgIpc) is 3.35. The molecule has 3 N–H and O–H groups in total. The summed E-state index contributed by atoms with van der Waals surface area (Å²) in [5.74, 6) is 2.92. The van der Waals surface area contributed by atoms with Crippen molar-refractivity contribution in [1.82, 2.24) is 5.16 Å². The minimum atomic E-state index is -0.0930. The first-order chi connectivity index (χ1) is 14.9. The van der Waals surface area contributed by atoms with Crippen molar-refractivity contribution in [2.45, 2.75) is 84.3 Å². The van der Waals surface area contributed by atoms with Crippen molar-refractivity contribution in [2.75, 3.05) is 6.61 Å². The molecule has 1 aromatic heterocycles. The molecule has 0 aliphatic heterocycles. The highest BCUT2D eigenvalue weighted by Gasteiger charge is 2.58. The Kier molecular flexibility index (Phi) is 5.50. The molecule has 0 saturated heterocycles. The monoisotopic (exact) mass is 427 g/mol. The van der Waals surface area contributed by atoms with Crippen molar-refractivity contribution in [2.24, 2.45) is 39.5 Å². The van der Waals surface area contributed by atoms with E-state index >= 15 is 0 Å². The summed E-state index contributed by atoms with van der Waals surface area (Å²) in [6.45, 7) is 5.72. The van der Waals surface area contributed by atoms with Crippen LogP contribution in [0.25, 0.3) is 0 Å². The maximum Gasteiger partial charge on any atom is 0.150 e. The van der Waals surface area contributed by atoms with Crippen LogP contribution in [0.4, 0.5) is 0 Å². The number of nitrogens with zero attached hydrogens (tertiary/aromatic N) is 2. The van der Waals surface area contributed by atoms with Gasteiger partial charge in [-0.1, -0.05) is 29.7 Å². The van der Waals surface area contributed by atoms with Gasteiger partial charge >= 0.3 is 0 Å². The zero-order valence-corrected chi connectivity index (χ0v) is 19.0. The van der Waals surface area contributed by atoms with E-state index in [1.54, 1.807) is 5.57 Å². The van der Waals surface area contributed by atoms with Crippen molar-refractivity contribution in [3.05, 3.63) is 29.2 Å². The molecular formula is C25H37N3O3. The summed E-state index contributed by atoms with van der Waals surface area (Å²) in [4.78, 5) is 5.62. The van der Waals surface area contributed by atoms with Gasteiger partial charge in [0.25, 0.3) is 0 Å². The number of aliphatic hydroxyl groups is 1. The highest BCUT2D eigenvalue weighted by atomic mass is 16.6. The molecule has 0 bridgehead atoms. The molecule has 5 rings (SSSR count). The second kappa shape index (κ2) is 8.04. The second-order valence-corrected chi connectivity index (χ2v) is 10.8. The summed E-state index contributed by atoms with van der Waals surface area (Å²) < 4.78 is 5.12. The van der Waals surface area contributed by atoms with Crippen LogP contribution in [0, 0.1) is 28.6 Å². The maximum atomic E-state index is 10.6. The Labute approximate surface area is 185 Å². The van der Waals surface area contributed by atoms with Gasteiger partial charge in [-0.25, -0.2) is 0 Å². The number of aliphatic hydroxyl groups excluding tert-OH is 1. The lowest BCUT2D eigenvalue weighted by Crippen LogP contribution is -2.51. The van der Waals surface area contributed by atoms with Gasteiger partial charge in [0.2, 0.25) is 0 Å². The minimum Gasteiger partial charge on any atom is -0.395 e. The highest BCUT2D eigenvalue weighted by molar-refractivity contribution is 5.96. The number of allylic oxidation sites excluding steroid dienone is 2.